The van der Waals surface area contributed by atoms with E-state index < -0.39 is 5.97 Å². The van der Waals surface area contributed by atoms with E-state index in [1.807, 2.05) is 31.2 Å². The number of hydrogen-bond donors (Lipinski definition) is 1. The van der Waals surface area contributed by atoms with Gasteiger partial charge in [0.25, 0.3) is 5.91 Å². The Kier molecular flexibility index (Phi) is 7.06. The minimum Gasteiger partial charge on any atom is -0.489 e. The molecule has 30 heavy (non-hydrogen) atoms. The first-order valence-electron chi connectivity index (χ1n) is 9.95. The van der Waals surface area contributed by atoms with Gasteiger partial charge in [-0.05, 0) is 43.5 Å². The third kappa shape index (κ3) is 5.83. The zero-order valence-electron chi connectivity index (χ0n) is 17.0. The second-order valence-electron chi connectivity index (χ2n) is 7.44. The van der Waals surface area contributed by atoms with Crippen LogP contribution in [0.1, 0.15) is 34.3 Å². The van der Waals surface area contributed by atoms with E-state index in [1.165, 1.54) is 0 Å². The van der Waals surface area contributed by atoms with Gasteiger partial charge in [0, 0.05) is 19.0 Å². The number of primary amides is 1. The van der Waals surface area contributed by atoms with E-state index in [0.717, 1.165) is 11.1 Å². The van der Waals surface area contributed by atoms with Gasteiger partial charge in [0.15, 0.2) is 6.61 Å². The van der Waals surface area contributed by atoms with Crippen LogP contribution in [0.5, 0.6) is 5.75 Å². The first kappa shape index (κ1) is 21.4. The van der Waals surface area contributed by atoms with Crippen molar-refractivity contribution < 1.29 is 23.9 Å². The molecule has 0 unspecified atom stereocenters. The SMILES string of the molecule is Cc1cccc(COc2cccc(C(=O)OCC(=O)N3CCC(C(N)=O)CC3)c2)c1. The summed E-state index contributed by atoms with van der Waals surface area (Å²) >= 11 is 0. The number of aryl methyl sites for hydroxylation is 1. The number of esters is 1. The topological polar surface area (TPSA) is 98.9 Å². The van der Waals surface area contributed by atoms with Gasteiger partial charge in [-0.3, -0.25) is 9.59 Å². The Balaban J connectivity index is 1.49. The number of carbonyl (C=O) groups is 3. The van der Waals surface area contributed by atoms with Gasteiger partial charge < -0.3 is 20.1 Å². The molecule has 7 heteroatoms. The van der Waals surface area contributed by atoms with Crippen LogP contribution in [0, 0.1) is 12.8 Å². The highest BCUT2D eigenvalue weighted by atomic mass is 16.5. The molecule has 7 nitrogen and oxygen atoms in total. The smallest absolute Gasteiger partial charge is 0.338 e. The van der Waals surface area contributed by atoms with Crippen molar-refractivity contribution in [3.8, 4) is 5.75 Å². The third-order valence-electron chi connectivity index (χ3n) is 5.13. The molecule has 0 atom stereocenters. The van der Waals surface area contributed by atoms with Gasteiger partial charge in [-0.25, -0.2) is 4.79 Å². The van der Waals surface area contributed by atoms with Crippen LogP contribution in [0.4, 0.5) is 0 Å². The van der Waals surface area contributed by atoms with E-state index in [1.54, 1.807) is 29.2 Å². The van der Waals surface area contributed by atoms with Gasteiger partial charge in [-0.1, -0.05) is 35.9 Å². The zero-order chi connectivity index (χ0) is 21.5. The molecule has 0 spiro atoms. The standard InChI is InChI=1S/C23H26N2O5/c1-16-4-2-5-17(12-16)14-29-20-7-3-6-19(13-20)23(28)30-15-21(26)25-10-8-18(9-11-25)22(24)27/h2-7,12-13,18H,8-11,14-15H2,1H3,(H2,24,27). The van der Waals surface area contributed by atoms with Crippen LogP contribution in [0.2, 0.25) is 0 Å². The minimum absolute atomic E-state index is 0.195. The van der Waals surface area contributed by atoms with Crippen LogP contribution in [0.25, 0.3) is 0 Å². The van der Waals surface area contributed by atoms with Crippen LogP contribution in [-0.2, 0) is 20.9 Å². The maximum atomic E-state index is 12.3. The molecule has 3 rings (SSSR count). The van der Waals surface area contributed by atoms with E-state index in [4.69, 9.17) is 15.2 Å². The molecule has 2 amide bonds. The van der Waals surface area contributed by atoms with E-state index in [-0.39, 0.29) is 24.3 Å². The van der Waals surface area contributed by atoms with Crippen molar-refractivity contribution in [1.82, 2.24) is 4.90 Å². The molecule has 2 aromatic rings. The number of nitrogens with zero attached hydrogens (tertiary/aromatic N) is 1. The predicted octanol–water partition coefficient (Wildman–Crippen LogP) is 2.45. The second kappa shape index (κ2) is 9.91. The van der Waals surface area contributed by atoms with E-state index in [0.29, 0.717) is 43.9 Å². The molecule has 0 aromatic heterocycles. The Bertz CT molecular complexity index is 919. The lowest BCUT2D eigenvalue weighted by Crippen LogP contribution is -2.43. The maximum absolute atomic E-state index is 12.3. The Morgan fingerprint density at radius 3 is 2.50 bits per heavy atom. The number of hydrogen-bond acceptors (Lipinski definition) is 5. The second-order valence-corrected chi connectivity index (χ2v) is 7.44. The van der Waals surface area contributed by atoms with Crippen molar-refractivity contribution in [2.75, 3.05) is 19.7 Å². The molecule has 0 radical (unpaired) electrons. The summed E-state index contributed by atoms with van der Waals surface area (Å²) in [6.45, 7) is 2.94. The highest BCUT2D eigenvalue weighted by Crippen LogP contribution is 2.18. The van der Waals surface area contributed by atoms with Crippen LogP contribution in [0.15, 0.2) is 48.5 Å². The lowest BCUT2D eigenvalue weighted by Gasteiger charge is -2.30. The van der Waals surface area contributed by atoms with E-state index in [2.05, 4.69) is 0 Å². The van der Waals surface area contributed by atoms with Crippen LogP contribution < -0.4 is 10.5 Å². The number of benzene rings is 2. The largest absolute Gasteiger partial charge is 0.489 e. The molecule has 0 aliphatic carbocycles. The van der Waals surface area contributed by atoms with Gasteiger partial charge in [-0.2, -0.15) is 0 Å². The molecule has 1 aliphatic rings. The van der Waals surface area contributed by atoms with E-state index >= 15 is 0 Å². The molecule has 0 saturated carbocycles. The fourth-order valence-electron chi connectivity index (χ4n) is 3.40. The summed E-state index contributed by atoms with van der Waals surface area (Å²) in [5, 5.41) is 0. The zero-order valence-corrected chi connectivity index (χ0v) is 17.0. The molecule has 1 aliphatic heterocycles. The molecular formula is C23H26N2O5. The van der Waals surface area contributed by atoms with Crippen molar-refractivity contribution >= 4 is 17.8 Å². The lowest BCUT2D eigenvalue weighted by molar-refractivity contribution is -0.137. The normalized spacial score (nSPS) is 14.2. The molecule has 1 fully saturated rings. The number of piperidine rings is 1. The molecule has 158 valence electrons. The summed E-state index contributed by atoms with van der Waals surface area (Å²) in [4.78, 5) is 37.4. The molecular weight excluding hydrogens is 384 g/mol. The summed E-state index contributed by atoms with van der Waals surface area (Å²) < 4.78 is 10.9. The highest BCUT2D eigenvalue weighted by molar-refractivity contribution is 5.91. The van der Waals surface area contributed by atoms with Gasteiger partial charge in [-0.15, -0.1) is 0 Å². The first-order valence-corrected chi connectivity index (χ1v) is 9.95. The van der Waals surface area contributed by atoms with Crippen molar-refractivity contribution in [3.05, 3.63) is 65.2 Å². The van der Waals surface area contributed by atoms with Gasteiger partial charge in [0.2, 0.25) is 5.91 Å². The summed E-state index contributed by atoms with van der Waals surface area (Å²) in [5.74, 6) is -0.850. The summed E-state index contributed by atoms with van der Waals surface area (Å²) in [6.07, 6.45) is 1.07. The fraction of sp³-hybridized carbons (Fsp3) is 0.348. The maximum Gasteiger partial charge on any atom is 0.338 e. The van der Waals surface area contributed by atoms with Crippen molar-refractivity contribution in [2.24, 2.45) is 11.7 Å². The Morgan fingerprint density at radius 1 is 1.07 bits per heavy atom. The summed E-state index contributed by atoms with van der Waals surface area (Å²) in [7, 11) is 0. The first-order chi connectivity index (χ1) is 14.4. The van der Waals surface area contributed by atoms with Gasteiger partial charge >= 0.3 is 5.97 Å². The Labute approximate surface area is 175 Å². The molecule has 2 aromatic carbocycles. The molecule has 0 bridgehead atoms. The average molecular weight is 410 g/mol. The average Bonchev–Trinajstić information content (AvgIpc) is 2.76. The van der Waals surface area contributed by atoms with Crippen LogP contribution in [-0.4, -0.2) is 42.4 Å². The van der Waals surface area contributed by atoms with Crippen LogP contribution >= 0.6 is 0 Å². The third-order valence-corrected chi connectivity index (χ3v) is 5.13. The highest BCUT2D eigenvalue weighted by Gasteiger charge is 2.26. The predicted molar refractivity (Wildman–Crippen MR) is 111 cm³/mol. The summed E-state index contributed by atoms with van der Waals surface area (Å²) in [6, 6.07) is 14.7. The quantitative estimate of drug-likeness (QED) is 0.707. The Hall–Kier alpha value is -3.35. The monoisotopic (exact) mass is 410 g/mol. The molecule has 2 N–H and O–H groups in total. The lowest BCUT2D eigenvalue weighted by atomic mass is 9.96. The fourth-order valence-corrected chi connectivity index (χ4v) is 3.40. The number of likely N-dealkylation sites (tertiary alicyclic amines) is 1. The molecule has 1 saturated heterocycles. The van der Waals surface area contributed by atoms with Crippen molar-refractivity contribution in [1.29, 1.82) is 0 Å². The van der Waals surface area contributed by atoms with Gasteiger partial charge in [0.05, 0.1) is 5.56 Å². The van der Waals surface area contributed by atoms with Crippen molar-refractivity contribution in [3.63, 3.8) is 0 Å². The summed E-state index contributed by atoms with van der Waals surface area (Å²) in [5.41, 5.74) is 7.81. The number of carbonyl (C=O) groups excluding carboxylic acids is 3. The Morgan fingerprint density at radius 2 is 1.80 bits per heavy atom. The van der Waals surface area contributed by atoms with Crippen LogP contribution in [0.3, 0.4) is 0 Å². The number of rotatable bonds is 7. The number of amides is 2. The number of ether oxygens (including phenoxy) is 2. The van der Waals surface area contributed by atoms with Gasteiger partial charge in [0.1, 0.15) is 12.4 Å². The molecule has 1 heterocycles. The number of nitrogens with two attached hydrogens (primary N) is 1. The van der Waals surface area contributed by atoms with Crippen molar-refractivity contribution in [2.45, 2.75) is 26.4 Å². The minimum atomic E-state index is -0.587. The van der Waals surface area contributed by atoms with E-state index in [9.17, 15) is 14.4 Å².